The number of imidazole rings is 1. The monoisotopic (exact) mass is 503 g/mol. The molecule has 4 aromatic rings. The first-order valence-electron chi connectivity index (χ1n) is 10.3. The van der Waals surface area contributed by atoms with E-state index in [9.17, 15) is 16.8 Å². The molecule has 2 aromatic carbocycles. The van der Waals surface area contributed by atoms with E-state index in [-0.39, 0.29) is 30.4 Å². The zero-order chi connectivity index (χ0) is 24.3. The number of nitrogens with one attached hydrogen (secondary N) is 2. The number of aryl methyl sites for hydroxylation is 1. The molecule has 1 aliphatic heterocycles. The predicted molar refractivity (Wildman–Crippen MR) is 124 cm³/mol. The van der Waals surface area contributed by atoms with Gasteiger partial charge in [-0.15, -0.1) is 10.2 Å². The van der Waals surface area contributed by atoms with E-state index >= 15 is 0 Å². The van der Waals surface area contributed by atoms with E-state index in [1.807, 2.05) is 13.0 Å². The summed E-state index contributed by atoms with van der Waals surface area (Å²) in [6, 6.07) is 8.10. The number of aromatic amines is 1. The minimum absolute atomic E-state index is 0.0817. The highest BCUT2D eigenvalue weighted by Gasteiger charge is 2.39. The van der Waals surface area contributed by atoms with E-state index in [4.69, 9.17) is 10.9 Å². The van der Waals surface area contributed by atoms with Gasteiger partial charge in [0.05, 0.1) is 26.7 Å². The van der Waals surface area contributed by atoms with Crippen molar-refractivity contribution in [3.05, 3.63) is 30.3 Å². The highest BCUT2D eigenvalue weighted by Crippen LogP contribution is 2.42. The number of tetrazole rings is 1. The van der Waals surface area contributed by atoms with Crippen LogP contribution in [0.2, 0.25) is 0 Å². The van der Waals surface area contributed by atoms with Crippen molar-refractivity contribution in [2.75, 3.05) is 18.8 Å². The van der Waals surface area contributed by atoms with Crippen LogP contribution in [0, 0.1) is 0 Å². The molecule has 0 amide bonds. The number of anilines is 1. The Kier molecular flexibility index (Phi) is 5.16. The first-order chi connectivity index (χ1) is 16.1. The molecule has 6 N–H and O–H groups in total. The lowest BCUT2D eigenvalue weighted by Crippen LogP contribution is -2.51. The Bertz CT molecular complexity index is 1620. The number of rotatable bonds is 6. The topological polar surface area (TPSA) is 205 Å². The Hall–Kier alpha value is -3.40. The van der Waals surface area contributed by atoms with Crippen molar-refractivity contribution in [3.63, 3.8) is 0 Å². The molecule has 1 aliphatic rings. The van der Waals surface area contributed by atoms with Crippen molar-refractivity contribution in [2.45, 2.75) is 28.5 Å². The van der Waals surface area contributed by atoms with Gasteiger partial charge < -0.3 is 15.6 Å². The predicted octanol–water partition coefficient (Wildman–Crippen LogP) is -0.122. The number of nitrogens with zero attached hydrogens (tertiary/aromatic N) is 5. The number of sulfone groups is 1. The molecule has 1 saturated heterocycles. The van der Waals surface area contributed by atoms with Gasteiger partial charge in [0, 0.05) is 25.2 Å². The van der Waals surface area contributed by atoms with Gasteiger partial charge in [-0.1, -0.05) is 18.2 Å². The van der Waals surface area contributed by atoms with Crippen LogP contribution < -0.4 is 16.2 Å². The maximum absolute atomic E-state index is 13.3. The Morgan fingerprint density at radius 2 is 1.88 bits per heavy atom. The van der Waals surface area contributed by atoms with Crippen LogP contribution in [0.3, 0.4) is 0 Å². The van der Waals surface area contributed by atoms with Crippen LogP contribution in [-0.2, 0) is 26.4 Å². The van der Waals surface area contributed by atoms with Gasteiger partial charge >= 0.3 is 0 Å². The minimum Gasteiger partial charge on any atom is -0.369 e. The number of hydrogen-bond acceptors (Lipinski definition) is 10. The number of H-pyrrole nitrogens is 1. The molecule has 0 aliphatic carbocycles. The van der Waals surface area contributed by atoms with Crippen LogP contribution in [0.25, 0.3) is 33.5 Å². The lowest BCUT2D eigenvalue weighted by Gasteiger charge is -2.28. The molecule has 15 heteroatoms. The highest BCUT2D eigenvalue weighted by molar-refractivity contribution is 7.94. The fourth-order valence-electron chi connectivity index (χ4n) is 4.16. The number of nitrogens with two attached hydrogens (primary N) is 2. The van der Waals surface area contributed by atoms with E-state index in [0.29, 0.717) is 23.2 Å². The lowest BCUT2D eigenvalue weighted by atomic mass is 9.98. The smallest absolute Gasteiger partial charge is 0.240 e. The Balaban J connectivity index is 1.91. The second-order valence-electron chi connectivity index (χ2n) is 7.81. The second-order valence-corrected chi connectivity index (χ2v) is 11.5. The summed E-state index contributed by atoms with van der Waals surface area (Å²) in [7, 11) is -8.58. The number of sulfonamides is 1. The number of fused-ring (bicyclic) bond motifs is 1. The highest BCUT2D eigenvalue weighted by atomic mass is 32.2. The molecule has 0 atom stereocenters. The van der Waals surface area contributed by atoms with E-state index in [1.54, 1.807) is 16.7 Å². The first kappa shape index (κ1) is 22.4. The third kappa shape index (κ3) is 3.35. The van der Waals surface area contributed by atoms with Crippen LogP contribution >= 0.6 is 0 Å². The molecule has 2 aromatic heterocycles. The van der Waals surface area contributed by atoms with E-state index < -0.39 is 34.9 Å². The molecule has 3 heterocycles. The van der Waals surface area contributed by atoms with Crippen molar-refractivity contribution in [3.8, 4) is 22.5 Å². The summed E-state index contributed by atoms with van der Waals surface area (Å²) in [6.07, 6.45) is 0. The van der Waals surface area contributed by atoms with Crippen LogP contribution in [0.5, 0.6) is 0 Å². The van der Waals surface area contributed by atoms with Gasteiger partial charge in [-0.2, -0.15) is 5.21 Å². The number of primary sulfonamides is 1. The SMILES string of the molecule is CCn1c(N)nc2c(-c3ccc(S(=O)(=O)C4CNC4)c(S(N)(=O)=O)c3-c3nn[nH]n3)cccc21. The van der Waals surface area contributed by atoms with Crippen molar-refractivity contribution < 1.29 is 16.8 Å². The molecule has 5 rings (SSSR count). The zero-order valence-corrected chi connectivity index (χ0v) is 19.6. The van der Waals surface area contributed by atoms with Gasteiger partial charge in [0.15, 0.2) is 9.84 Å². The number of hydrogen-bond donors (Lipinski definition) is 4. The Morgan fingerprint density at radius 1 is 1.12 bits per heavy atom. The second kappa shape index (κ2) is 7.83. The lowest BCUT2D eigenvalue weighted by molar-refractivity contribution is 0.493. The van der Waals surface area contributed by atoms with Gasteiger partial charge in [-0.05, 0) is 29.8 Å². The third-order valence-electron chi connectivity index (χ3n) is 5.88. The average Bonchev–Trinajstić information content (AvgIpc) is 3.37. The number of nitrogen functional groups attached to an aromatic ring is 1. The third-order valence-corrected chi connectivity index (χ3v) is 9.17. The van der Waals surface area contributed by atoms with Crippen LogP contribution in [0.4, 0.5) is 5.95 Å². The van der Waals surface area contributed by atoms with Crippen molar-refractivity contribution in [2.24, 2.45) is 5.14 Å². The van der Waals surface area contributed by atoms with Crippen molar-refractivity contribution >= 4 is 36.8 Å². The van der Waals surface area contributed by atoms with E-state index in [0.717, 1.165) is 5.52 Å². The van der Waals surface area contributed by atoms with Crippen LogP contribution in [-0.4, -0.2) is 65.4 Å². The summed E-state index contributed by atoms with van der Waals surface area (Å²) in [5, 5.41) is 21.4. The maximum Gasteiger partial charge on any atom is 0.240 e. The average molecular weight is 504 g/mol. The van der Waals surface area contributed by atoms with E-state index in [1.165, 1.54) is 12.1 Å². The fraction of sp³-hybridized carbons (Fsp3) is 0.263. The summed E-state index contributed by atoms with van der Waals surface area (Å²) in [5.41, 5.74) is 8.07. The molecule has 0 spiro atoms. The molecule has 0 radical (unpaired) electrons. The summed E-state index contributed by atoms with van der Waals surface area (Å²) < 4.78 is 54.1. The fourth-order valence-corrected chi connectivity index (χ4v) is 7.34. The van der Waals surface area contributed by atoms with Gasteiger partial charge in [0.1, 0.15) is 4.90 Å². The van der Waals surface area contributed by atoms with Crippen molar-refractivity contribution in [1.29, 1.82) is 0 Å². The number of benzene rings is 2. The first-order valence-corrected chi connectivity index (χ1v) is 13.4. The Morgan fingerprint density at radius 3 is 2.47 bits per heavy atom. The maximum atomic E-state index is 13.3. The molecule has 1 fully saturated rings. The van der Waals surface area contributed by atoms with Gasteiger partial charge in [0.2, 0.25) is 21.8 Å². The molecule has 0 unspecified atom stereocenters. The summed E-state index contributed by atoms with van der Waals surface area (Å²) in [5.74, 6) is 0.164. The summed E-state index contributed by atoms with van der Waals surface area (Å²) in [6.45, 7) is 2.90. The number of para-hydroxylation sites is 1. The molecule has 178 valence electrons. The van der Waals surface area contributed by atoms with Gasteiger partial charge in [0.25, 0.3) is 0 Å². The van der Waals surface area contributed by atoms with Crippen LogP contribution in [0.15, 0.2) is 40.1 Å². The molecule has 13 nitrogen and oxygen atoms in total. The quantitative estimate of drug-likeness (QED) is 0.274. The normalized spacial score (nSPS) is 15.0. The number of aromatic nitrogens is 6. The molecular formula is C19H21N9O4S2. The molecule has 0 saturated carbocycles. The summed E-state index contributed by atoms with van der Waals surface area (Å²) >= 11 is 0. The molecular weight excluding hydrogens is 482 g/mol. The minimum atomic E-state index is -4.55. The molecule has 0 bridgehead atoms. The largest absolute Gasteiger partial charge is 0.369 e. The van der Waals surface area contributed by atoms with Gasteiger partial charge in [-0.25, -0.2) is 27.0 Å². The van der Waals surface area contributed by atoms with E-state index in [2.05, 4.69) is 30.9 Å². The Labute approximate surface area is 194 Å². The zero-order valence-electron chi connectivity index (χ0n) is 17.9. The van der Waals surface area contributed by atoms with Crippen LogP contribution in [0.1, 0.15) is 6.92 Å². The standard InChI is InChI=1S/C19H21N9O4S2/c1-2-28-13-5-3-4-12(16(13)23-19(28)20)11-6-7-14(33(29,30)10-8-22-9-10)17(34(21,31)32)15(11)18-24-26-27-25-18/h3-7,10,22H,2,8-9H2,1H3,(H2,20,23)(H2,21,31,32)(H,24,25,26,27). The van der Waals surface area contributed by atoms with Gasteiger partial charge in [-0.3, -0.25) is 0 Å². The van der Waals surface area contributed by atoms with Crippen molar-refractivity contribution in [1.82, 2.24) is 35.5 Å². The summed E-state index contributed by atoms with van der Waals surface area (Å²) in [4.78, 5) is 3.47. The molecule has 34 heavy (non-hydrogen) atoms.